The molecule has 9 nitrogen and oxygen atoms in total. The van der Waals surface area contributed by atoms with Crippen molar-refractivity contribution in [3.63, 3.8) is 0 Å². The Kier molecular flexibility index (Phi) is 8.11. The van der Waals surface area contributed by atoms with Crippen molar-refractivity contribution < 1.29 is 27.3 Å². The SMILES string of the molecule is CC(C)(CCn1cc(F)c(-c2ccc(-c3ccon3)cc2)cc1=O)C(=O)NO.O=S=O. The van der Waals surface area contributed by atoms with Gasteiger partial charge in [-0.05, 0) is 12.0 Å². The van der Waals surface area contributed by atoms with Gasteiger partial charge >= 0.3 is 11.6 Å². The summed E-state index contributed by atoms with van der Waals surface area (Å²) >= 11 is -0.750. The van der Waals surface area contributed by atoms with Crippen molar-refractivity contribution in [2.24, 2.45) is 5.41 Å². The molecule has 1 amide bonds. The number of pyridine rings is 1. The van der Waals surface area contributed by atoms with Gasteiger partial charge in [-0.2, -0.15) is 8.42 Å². The first-order valence-electron chi connectivity index (χ1n) is 9.01. The molecule has 3 rings (SSSR count). The van der Waals surface area contributed by atoms with Gasteiger partial charge in [0.25, 0.3) is 5.56 Å². The minimum absolute atomic E-state index is 0.140. The molecule has 11 heteroatoms. The maximum atomic E-state index is 14.6. The number of hydrogen-bond acceptors (Lipinski definition) is 7. The van der Waals surface area contributed by atoms with E-state index in [0.29, 0.717) is 11.3 Å². The van der Waals surface area contributed by atoms with Crippen molar-refractivity contribution in [2.45, 2.75) is 26.8 Å². The van der Waals surface area contributed by atoms with Crippen LogP contribution in [0.1, 0.15) is 20.3 Å². The highest BCUT2D eigenvalue weighted by molar-refractivity contribution is 7.51. The Balaban J connectivity index is 0.00000107. The van der Waals surface area contributed by atoms with Gasteiger partial charge in [0.1, 0.15) is 17.8 Å². The van der Waals surface area contributed by atoms with Gasteiger partial charge in [0, 0.05) is 41.4 Å². The average molecular weight is 449 g/mol. The fraction of sp³-hybridized carbons (Fsp3) is 0.250. The van der Waals surface area contributed by atoms with E-state index < -0.39 is 28.7 Å². The van der Waals surface area contributed by atoms with E-state index in [4.69, 9.17) is 18.1 Å². The van der Waals surface area contributed by atoms with Gasteiger partial charge in [-0.25, -0.2) is 9.87 Å². The van der Waals surface area contributed by atoms with Crippen molar-refractivity contribution in [1.82, 2.24) is 15.2 Å². The number of benzene rings is 1. The first kappa shape index (κ1) is 23.8. The Morgan fingerprint density at radius 2 is 1.84 bits per heavy atom. The third kappa shape index (κ3) is 6.03. The van der Waals surface area contributed by atoms with Crippen LogP contribution in [0.4, 0.5) is 4.39 Å². The van der Waals surface area contributed by atoms with Gasteiger partial charge in [0.15, 0.2) is 0 Å². The number of aromatic nitrogens is 2. The first-order valence-corrected chi connectivity index (χ1v) is 9.67. The van der Waals surface area contributed by atoms with Crippen LogP contribution < -0.4 is 11.0 Å². The molecule has 0 bridgehead atoms. The van der Waals surface area contributed by atoms with Crippen LogP contribution in [0.5, 0.6) is 0 Å². The fourth-order valence-electron chi connectivity index (χ4n) is 2.79. The molecule has 3 aromatic rings. The zero-order chi connectivity index (χ0) is 23.0. The Morgan fingerprint density at radius 3 is 2.39 bits per heavy atom. The zero-order valence-electron chi connectivity index (χ0n) is 16.7. The van der Waals surface area contributed by atoms with Crippen LogP contribution in [0.15, 0.2) is 58.2 Å². The quantitative estimate of drug-likeness (QED) is 0.437. The van der Waals surface area contributed by atoms with Crippen LogP contribution in [0, 0.1) is 11.2 Å². The molecule has 0 unspecified atom stereocenters. The molecular weight excluding hydrogens is 429 g/mol. The molecule has 2 aromatic heterocycles. The van der Waals surface area contributed by atoms with Gasteiger partial charge in [-0.3, -0.25) is 14.8 Å². The Hall–Kier alpha value is -3.44. The molecule has 0 aliphatic heterocycles. The second-order valence-electron chi connectivity index (χ2n) is 7.17. The molecule has 2 heterocycles. The van der Waals surface area contributed by atoms with Crippen LogP contribution in [0.2, 0.25) is 0 Å². The van der Waals surface area contributed by atoms with Crippen LogP contribution in [0.3, 0.4) is 0 Å². The van der Waals surface area contributed by atoms with Crippen molar-refractivity contribution in [3.05, 3.63) is 65.0 Å². The Bertz CT molecular complexity index is 1120. The molecule has 0 aliphatic rings. The van der Waals surface area contributed by atoms with Gasteiger partial charge in [0.2, 0.25) is 5.91 Å². The number of aryl methyl sites for hydroxylation is 1. The predicted molar refractivity (Wildman–Crippen MR) is 109 cm³/mol. The number of nitrogens with zero attached hydrogens (tertiary/aromatic N) is 2. The summed E-state index contributed by atoms with van der Waals surface area (Å²) in [6.45, 7) is 3.40. The molecule has 0 saturated heterocycles. The summed E-state index contributed by atoms with van der Waals surface area (Å²) in [6.07, 6.45) is 2.86. The zero-order valence-corrected chi connectivity index (χ0v) is 17.5. The molecule has 31 heavy (non-hydrogen) atoms. The minimum Gasteiger partial charge on any atom is -0.364 e. The number of rotatable bonds is 6. The number of nitrogens with one attached hydrogen (secondary N) is 1. The Labute approximate surface area is 180 Å². The summed E-state index contributed by atoms with van der Waals surface area (Å²) < 4.78 is 37.2. The molecule has 164 valence electrons. The Morgan fingerprint density at radius 1 is 1.23 bits per heavy atom. The first-order chi connectivity index (χ1) is 14.7. The van der Waals surface area contributed by atoms with E-state index in [1.54, 1.807) is 49.7 Å². The summed E-state index contributed by atoms with van der Waals surface area (Å²) in [7, 11) is 0. The van der Waals surface area contributed by atoms with Crippen molar-refractivity contribution in [2.75, 3.05) is 0 Å². The lowest BCUT2D eigenvalue weighted by Gasteiger charge is -2.22. The van der Waals surface area contributed by atoms with E-state index in [0.717, 1.165) is 11.8 Å². The van der Waals surface area contributed by atoms with E-state index >= 15 is 0 Å². The third-order valence-corrected chi connectivity index (χ3v) is 4.70. The number of hydroxylamine groups is 1. The summed E-state index contributed by atoms with van der Waals surface area (Å²) in [4.78, 5) is 24.0. The highest BCUT2D eigenvalue weighted by Crippen LogP contribution is 2.26. The van der Waals surface area contributed by atoms with Gasteiger partial charge in [-0.15, -0.1) is 0 Å². The maximum absolute atomic E-state index is 14.6. The molecule has 0 spiro atoms. The average Bonchev–Trinajstić information content (AvgIpc) is 3.29. The standard InChI is InChI=1S/C20H20FN3O4.O2S/c1-20(2,19(26)22-27)8-9-24-12-16(21)15(11-18(24)25)13-3-5-14(6-4-13)17-7-10-28-23-17;1-3-2/h3-7,10-12,27H,8-9H2,1-2H3,(H,22,26);. The molecular formula is C20H20FN3O6S. The topological polar surface area (TPSA) is 132 Å². The molecule has 0 fully saturated rings. The highest BCUT2D eigenvalue weighted by Gasteiger charge is 2.27. The predicted octanol–water partition coefficient (Wildman–Crippen LogP) is 2.56. The summed E-state index contributed by atoms with van der Waals surface area (Å²) in [6, 6.07) is 9.92. The molecule has 1 aromatic carbocycles. The lowest BCUT2D eigenvalue weighted by atomic mass is 9.88. The number of carbonyl (C=O) groups is 1. The van der Waals surface area contributed by atoms with Gasteiger partial charge < -0.3 is 9.09 Å². The molecule has 0 atom stereocenters. The minimum atomic E-state index is -0.902. The van der Waals surface area contributed by atoms with E-state index in [-0.39, 0.29) is 24.1 Å². The lowest BCUT2D eigenvalue weighted by Crippen LogP contribution is -2.36. The van der Waals surface area contributed by atoms with E-state index in [1.165, 1.54) is 16.9 Å². The monoisotopic (exact) mass is 449 g/mol. The van der Waals surface area contributed by atoms with Crippen LogP contribution in [0.25, 0.3) is 22.4 Å². The second kappa shape index (κ2) is 10.5. The number of hydrogen-bond donors (Lipinski definition) is 2. The van der Waals surface area contributed by atoms with E-state index in [2.05, 4.69) is 5.16 Å². The largest absolute Gasteiger partial charge is 0.364 e. The maximum Gasteiger partial charge on any atom is 0.335 e. The smallest absolute Gasteiger partial charge is 0.335 e. The number of halogens is 1. The molecule has 0 aliphatic carbocycles. The summed E-state index contributed by atoms with van der Waals surface area (Å²) in [5.74, 6) is -1.11. The highest BCUT2D eigenvalue weighted by atomic mass is 32.1. The molecule has 2 N–H and O–H groups in total. The number of amides is 1. The van der Waals surface area contributed by atoms with Crippen molar-refractivity contribution in [3.8, 4) is 22.4 Å². The lowest BCUT2D eigenvalue weighted by molar-refractivity contribution is -0.138. The normalized spacial score (nSPS) is 10.7. The van der Waals surface area contributed by atoms with E-state index in [9.17, 15) is 14.0 Å². The van der Waals surface area contributed by atoms with E-state index in [1.807, 2.05) is 0 Å². The number of carbonyl (C=O) groups excluding carboxylic acids is 1. The fourth-order valence-corrected chi connectivity index (χ4v) is 2.79. The van der Waals surface area contributed by atoms with Crippen molar-refractivity contribution in [1.29, 1.82) is 0 Å². The summed E-state index contributed by atoms with van der Waals surface area (Å²) in [5, 5.41) is 12.6. The van der Waals surface area contributed by atoms with Crippen LogP contribution in [-0.2, 0) is 22.9 Å². The van der Waals surface area contributed by atoms with Gasteiger partial charge in [-0.1, -0.05) is 43.3 Å². The molecule has 0 radical (unpaired) electrons. The molecule has 0 saturated carbocycles. The van der Waals surface area contributed by atoms with Gasteiger partial charge in [0.05, 0.1) is 0 Å². The summed E-state index contributed by atoms with van der Waals surface area (Å²) in [5.41, 5.74) is 2.56. The van der Waals surface area contributed by atoms with Crippen molar-refractivity contribution >= 4 is 17.5 Å². The van der Waals surface area contributed by atoms with Crippen LogP contribution >= 0.6 is 0 Å². The third-order valence-electron chi connectivity index (χ3n) is 4.70. The van der Waals surface area contributed by atoms with Crippen LogP contribution in [-0.4, -0.2) is 29.3 Å². The second-order valence-corrected chi connectivity index (χ2v) is 7.31.